The van der Waals surface area contributed by atoms with Crippen molar-refractivity contribution in [2.24, 2.45) is 0 Å². The van der Waals surface area contributed by atoms with Crippen molar-refractivity contribution >= 4 is 28.9 Å². The van der Waals surface area contributed by atoms with Crippen LogP contribution >= 0.6 is 0 Å². The second kappa shape index (κ2) is 7.86. The monoisotopic (exact) mass is 369 g/mol. The van der Waals surface area contributed by atoms with Crippen molar-refractivity contribution in [2.75, 3.05) is 29.9 Å². The zero-order valence-corrected chi connectivity index (χ0v) is 14.8. The Hall–Kier alpha value is -3.42. The number of esters is 1. The van der Waals surface area contributed by atoms with E-state index in [4.69, 9.17) is 4.74 Å². The smallest absolute Gasteiger partial charge is 0.338 e. The van der Waals surface area contributed by atoms with Gasteiger partial charge >= 0.3 is 5.97 Å². The van der Waals surface area contributed by atoms with Crippen molar-refractivity contribution < 1.29 is 19.2 Å². The first kappa shape index (κ1) is 18.4. The summed E-state index contributed by atoms with van der Waals surface area (Å²) >= 11 is 0. The first-order chi connectivity index (χ1) is 13.0. The zero-order chi connectivity index (χ0) is 19.4. The van der Waals surface area contributed by atoms with Gasteiger partial charge in [-0.05, 0) is 37.1 Å². The number of nitro benzene ring substituents is 1. The lowest BCUT2D eigenvalue weighted by Crippen LogP contribution is -2.33. The molecule has 8 heteroatoms. The van der Waals surface area contributed by atoms with Crippen molar-refractivity contribution in [3.05, 3.63) is 63.7 Å². The Morgan fingerprint density at radius 2 is 2.04 bits per heavy atom. The Kier molecular flexibility index (Phi) is 5.35. The molecule has 0 saturated carbocycles. The van der Waals surface area contributed by atoms with Gasteiger partial charge in [-0.25, -0.2) is 4.79 Å². The van der Waals surface area contributed by atoms with E-state index >= 15 is 0 Å². The number of benzene rings is 2. The molecule has 0 atom stereocenters. The summed E-state index contributed by atoms with van der Waals surface area (Å²) in [7, 11) is 0. The number of carbonyl (C=O) groups excluding carboxylic acids is 2. The molecule has 0 aliphatic carbocycles. The highest BCUT2D eigenvalue weighted by Gasteiger charge is 2.25. The summed E-state index contributed by atoms with van der Waals surface area (Å²) in [6, 6.07) is 11.6. The van der Waals surface area contributed by atoms with Gasteiger partial charge in [0.05, 0.1) is 10.5 Å². The van der Waals surface area contributed by atoms with E-state index in [1.165, 1.54) is 12.1 Å². The van der Waals surface area contributed by atoms with Gasteiger partial charge < -0.3 is 15.0 Å². The number of carbonyl (C=O) groups is 2. The van der Waals surface area contributed by atoms with Crippen LogP contribution in [0.4, 0.5) is 17.1 Å². The molecule has 1 amide bonds. The number of ether oxygens (including phenoxy) is 1. The Morgan fingerprint density at radius 1 is 1.26 bits per heavy atom. The van der Waals surface area contributed by atoms with Crippen molar-refractivity contribution in [1.82, 2.24) is 0 Å². The van der Waals surface area contributed by atoms with Gasteiger partial charge in [-0.2, -0.15) is 0 Å². The molecule has 2 aromatic carbocycles. The lowest BCUT2D eigenvalue weighted by Gasteiger charge is -2.17. The van der Waals surface area contributed by atoms with E-state index < -0.39 is 17.5 Å². The fourth-order valence-corrected chi connectivity index (χ4v) is 3.04. The highest BCUT2D eigenvalue weighted by molar-refractivity contribution is 5.98. The van der Waals surface area contributed by atoms with Gasteiger partial charge in [0, 0.05) is 24.8 Å². The van der Waals surface area contributed by atoms with E-state index in [-0.39, 0.29) is 17.2 Å². The van der Waals surface area contributed by atoms with Crippen molar-refractivity contribution in [3.8, 4) is 0 Å². The van der Waals surface area contributed by atoms with Gasteiger partial charge in [0.15, 0.2) is 6.61 Å². The van der Waals surface area contributed by atoms with Crippen molar-refractivity contribution in [1.29, 1.82) is 0 Å². The van der Waals surface area contributed by atoms with E-state index in [1.54, 1.807) is 4.90 Å². The molecule has 140 valence electrons. The van der Waals surface area contributed by atoms with E-state index in [0.717, 1.165) is 23.7 Å². The Morgan fingerprint density at radius 3 is 2.78 bits per heavy atom. The molecule has 0 fully saturated rings. The first-order valence-electron chi connectivity index (χ1n) is 8.59. The molecular formula is C19H19N3O5. The minimum atomic E-state index is -0.776. The summed E-state index contributed by atoms with van der Waals surface area (Å²) in [5.41, 5.74) is 2.03. The Bertz CT molecular complexity index is 897. The van der Waals surface area contributed by atoms with Crippen LogP contribution in [0.1, 0.15) is 22.8 Å². The number of amides is 1. The van der Waals surface area contributed by atoms with Gasteiger partial charge in [0.2, 0.25) is 0 Å². The highest BCUT2D eigenvalue weighted by atomic mass is 16.6. The normalized spacial score (nSPS) is 12.4. The molecule has 1 aliphatic rings. The van der Waals surface area contributed by atoms with E-state index in [1.807, 2.05) is 31.2 Å². The molecule has 3 rings (SSSR count). The molecule has 0 aromatic heterocycles. The molecule has 8 nitrogen and oxygen atoms in total. The average molecular weight is 369 g/mol. The zero-order valence-electron chi connectivity index (χ0n) is 14.8. The van der Waals surface area contributed by atoms with Crippen molar-refractivity contribution in [2.45, 2.75) is 13.3 Å². The van der Waals surface area contributed by atoms with Crippen LogP contribution in [0.2, 0.25) is 0 Å². The Labute approximate surface area is 155 Å². The summed E-state index contributed by atoms with van der Waals surface area (Å²) in [5.74, 6) is -1.10. The third kappa shape index (κ3) is 3.89. The standard InChI is InChI=1S/C19H19N3O5/c1-2-20-15-8-7-14(11-17(15)22(25)26)19(24)27-12-18(23)21-10-9-13-5-3-4-6-16(13)21/h3-8,11,20H,2,9-10,12H2,1H3. The molecule has 0 bridgehead atoms. The summed E-state index contributed by atoms with van der Waals surface area (Å²) in [4.78, 5) is 36.8. The quantitative estimate of drug-likeness (QED) is 0.477. The van der Waals surface area contributed by atoms with Gasteiger partial charge in [-0.1, -0.05) is 18.2 Å². The minimum Gasteiger partial charge on any atom is -0.452 e. The molecular weight excluding hydrogens is 350 g/mol. The minimum absolute atomic E-state index is 0.0259. The fourth-order valence-electron chi connectivity index (χ4n) is 3.04. The second-order valence-electron chi connectivity index (χ2n) is 6.02. The van der Waals surface area contributed by atoms with E-state index in [0.29, 0.717) is 18.8 Å². The summed E-state index contributed by atoms with van der Waals surface area (Å²) < 4.78 is 5.08. The number of hydrogen-bond donors (Lipinski definition) is 1. The maximum atomic E-state index is 12.4. The average Bonchev–Trinajstić information content (AvgIpc) is 3.10. The predicted molar refractivity (Wildman–Crippen MR) is 100 cm³/mol. The number of fused-ring (bicyclic) bond motifs is 1. The maximum Gasteiger partial charge on any atom is 0.338 e. The molecule has 2 aromatic rings. The Balaban J connectivity index is 1.67. The molecule has 1 aliphatic heterocycles. The summed E-state index contributed by atoms with van der Waals surface area (Å²) in [6.45, 7) is 2.44. The molecule has 0 unspecified atom stereocenters. The number of hydrogen-bond acceptors (Lipinski definition) is 6. The highest BCUT2D eigenvalue weighted by Crippen LogP contribution is 2.28. The fraction of sp³-hybridized carbons (Fsp3) is 0.263. The summed E-state index contributed by atoms with van der Waals surface area (Å²) in [6.07, 6.45) is 0.758. The van der Waals surface area contributed by atoms with Crippen LogP contribution in [0.25, 0.3) is 0 Å². The largest absolute Gasteiger partial charge is 0.452 e. The van der Waals surface area contributed by atoms with E-state index in [2.05, 4.69) is 5.32 Å². The van der Waals surface area contributed by atoms with Crippen LogP contribution in [0, 0.1) is 10.1 Å². The lowest BCUT2D eigenvalue weighted by atomic mass is 10.1. The molecule has 0 radical (unpaired) electrons. The number of nitrogens with zero attached hydrogens (tertiary/aromatic N) is 2. The molecule has 0 saturated heterocycles. The van der Waals surface area contributed by atoms with Gasteiger partial charge in [-0.15, -0.1) is 0 Å². The van der Waals surface area contributed by atoms with Gasteiger partial charge in [-0.3, -0.25) is 14.9 Å². The molecule has 0 spiro atoms. The number of anilines is 2. The first-order valence-corrected chi connectivity index (χ1v) is 8.59. The number of para-hydroxylation sites is 1. The second-order valence-corrected chi connectivity index (χ2v) is 6.02. The van der Waals surface area contributed by atoms with Crippen LogP contribution in [0.15, 0.2) is 42.5 Å². The van der Waals surface area contributed by atoms with E-state index in [9.17, 15) is 19.7 Å². The summed E-state index contributed by atoms with van der Waals surface area (Å²) in [5, 5.41) is 14.0. The topological polar surface area (TPSA) is 102 Å². The maximum absolute atomic E-state index is 12.4. The van der Waals surface area contributed by atoms with Gasteiger partial charge in [0.1, 0.15) is 5.69 Å². The molecule has 27 heavy (non-hydrogen) atoms. The third-order valence-electron chi connectivity index (χ3n) is 4.31. The van der Waals surface area contributed by atoms with Crippen LogP contribution in [0.5, 0.6) is 0 Å². The van der Waals surface area contributed by atoms with Crippen LogP contribution in [0.3, 0.4) is 0 Å². The SMILES string of the molecule is CCNc1ccc(C(=O)OCC(=O)N2CCc3ccccc32)cc1[N+](=O)[O-]. The van der Waals surface area contributed by atoms with Crippen LogP contribution in [-0.2, 0) is 16.0 Å². The lowest BCUT2D eigenvalue weighted by molar-refractivity contribution is -0.384. The predicted octanol–water partition coefficient (Wildman–Crippen LogP) is 2.77. The third-order valence-corrected chi connectivity index (χ3v) is 4.31. The number of nitrogens with one attached hydrogen (secondary N) is 1. The van der Waals surface area contributed by atoms with Crippen molar-refractivity contribution in [3.63, 3.8) is 0 Å². The number of rotatable bonds is 6. The number of nitro groups is 1. The van der Waals surface area contributed by atoms with Gasteiger partial charge in [0.25, 0.3) is 11.6 Å². The van der Waals surface area contributed by atoms with Crippen LogP contribution < -0.4 is 10.2 Å². The molecule has 1 N–H and O–H groups in total. The molecule has 1 heterocycles. The van der Waals surface area contributed by atoms with Crippen LogP contribution in [-0.4, -0.2) is 36.5 Å².